The molecular formula is C9H5BrF2S. The molecule has 0 spiro atoms. The highest BCUT2D eigenvalue weighted by atomic mass is 79.9. The fourth-order valence-electron chi connectivity index (χ4n) is 1.23. The van der Waals surface area contributed by atoms with E-state index in [1.165, 1.54) is 6.07 Å². The molecule has 2 aromatic rings. The van der Waals surface area contributed by atoms with E-state index in [0.717, 1.165) is 11.3 Å². The molecule has 2 rings (SSSR count). The van der Waals surface area contributed by atoms with Gasteiger partial charge in [-0.05, 0) is 6.07 Å². The molecule has 13 heavy (non-hydrogen) atoms. The molecule has 4 heteroatoms. The molecule has 0 saturated carbocycles. The highest BCUT2D eigenvalue weighted by Crippen LogP contribution is 2.32. The summed E-state index contributed by atoms with van der Waals surface area (Å²) in [5, 5.41) is 0.777. The second kappa shape index (κ2) is 3.35. The molecule has 0 radical (unpaired) electrons. The van der Waals surface area contributed by atoms with Crippen molar-refractivity contribution in [3.63, 3.8) is 0 Å². The van der Waals surface area contributed by atoms with E-state index in [-0.39, 0.29) is 10.9 Å². The van der Waals surface area contributed by atoms with Crippen molar-refractivity contribution in [3.05, 3.63) is 34.7 Å². The van der Waals surface area contributed by atoms with Crippen molar-refractivity contribution in [1.82, 2.24) is 0 Å². The van der Waals surface area contributed by atoms with Crippen molar-refractivity contribution >= 4 is 37.4 Å². The molecule has 1 heterocycles. The van der Waals surface area contributed by atoms with Crippen molar-refractivity contribution in [1.29, 1.82) is 0 Å². The molecule has 0 N–H and O–H groups in total. The molecule has 0 unspecified atom stereocenters. The predicted molar refractivity (Wildman–Crippen MR) is 54.4 cm³/mol. The molecular weight excluding hydrogens is 258 g/mol. The number of benzene rings is 1. The minimum absolute atomic E-state index is 0.308. The zero-order valence-electron chi connectivity index (χ0n) is 6.48. The third-order valence-corrected chi connectivity index (χ3v) is 3.46. The number of fused-ring (bicyclic) bond motifs is 1. The fraction of sp³-hybridized carbons (Fsp3) is 0.111. The van der Waals surface area contributed by atoms with Crippen LogP contribution in [-0.4, -0.2) is 0 Å². The van der Waals surface area contributed by atoms with Gasteiger partial charge in [-0.3, -0.25) is 0 Å². The Morgan fingerprint density at radius 3 is 2.77 bits per heavy atom. The van der Waals surface area contributed by atoms with E-state index in [9.17, 15) is 8.78 Å². The summed E-state index contributed by atoms with van der Waals surface area (Å²) in [7, 11) is 0. The molecule has 0 nitrogen and oxygen atoms in total. The Morgan fingerprint density at radius 2 is 2.08 bits per heavy atom. The summed E-state index contributed by atoms with van der Waals surface area (Å²) in [6, 6.07) is 4.67. The Labute approximate surface area is 86.3 Å². The molecule has 1 aromatic heterocycles. The summed E-state index contributed by atoms with van der Waals surface area (Å²) < 4.78 is 26.7. The van der Waals surface area contributed by atoms with Crippen molar-refractivity contribution in [2.45, 2.75) is 5.33 Å². The van der Waals surface area contributed by atoms with Crippen LogP contribution in [0.25, 0.3) is 10.1 Å². The lowest BCUT2D eigenvalue weighted by molar-refractivity contribution is 0.641. The summed E-state index contributed by atoms with van der Waals surface area (Å²) in [5.74, 6) is -0.353. The van der Waals surface area contributed by atoms with Crippen LogP contribution in [-0.2, 0) is 5.33 Å². The van der Waals surface area contributed by atoms with Crippen molar-refractivity contribution in [3.8, 4) is 0 Å². The van der Waals surface area contributed by atoms with E-state index in [4.69, 9.17) is 0 Å². The van der Waals surface area contributed by atoms with Gasteiger partial charge < -0.3 is 0 Å². The Kier molecular flexibility index (Phi) is 2.34. The van der Waals surface area contributed by atoms with Crippen molar-refractivity contribution < 1.29 is 8.78 Å². The quantitative estimate of drug-likeness (QED) is 0.680. The summed E-state index contributed by atoms with van der Waals surface area (Å²) in [4.78, 5) is 0. The highest BCUT2D eigenvalue weighted by Gasteiger charge is 2.12. The first-order valence-corrected chi connectivity index (χ1v) is 5.59. The standard InChI is InChI=1S/C9H5BrF2S/c10-4-6-5-2-1-3-7(11)8(5)13-9(6)12/h1-3H,4H2. The topological polar surface area (TPSA) is 0 Å². The van der Waals surface area contributed by atoms with Crippen LogP contribution in [0.3, 0.4) is 0 Å². The van der Waals surface area contributed by atoms with Crippen LogP contribution in [0.1, 0.15) is 5.56 Å². The van der Waals surface area contributed by atoms with Gasteiger partial charge in [0.05, 0.1) is 4.70 Å². The van der Waals surface area contributed by atoms with E-state index in [0.29, 0.717) is 21.0 Å². The zero-order valence-corrected chi connectivity index (χ0v) is 8.88. The molecule has 68 valence electrons. The summed E-state index contributed by atoms with van der Waals surface area (Å²) in [5.41, 5.74) is 0.541. The maximum absolute atomic E-state index is 13.2. The molecule has 0 amide bonds. The van der Waals surface area contributed by atoms with Gasteiger partial charge in [-0.2, -0.15) is 4.39 Å². The van der Waals surface area contributed by atoms with Gasteiger partial charge >= 0.3 is 0 Å². The van der Waals surface area contributed by atoms with Crippen LogP contribution in [0.4, 0.5) is 8.78 Å². The van der Waals surface area contributed by atoms with Gasteiger partial charge in [-0.1, -0.05) is 28.1 Å². The first-order chi connectivity index (χ1) is 6.24. The van der Waals surface area contributed by atoms with Gasteiger partial charge in [0.15, 0.2) is 5.13 Å². The summed E-state index contributed by atoms with van der Waals surface area (Å²) >= 11 is 4.04. The SMILES string of the molecule is Fc1sc2c(F)cccc2c1CBr. The van der Waals surface area contributed by atoms with Crippen LogP contribution < -0.4 is 0 Å². The summed E-state index contributed by atoms with van der Waals surface area (Å²) in [6.45, 7) is 0. The van der Waals surface area contributed by atoms with Gasteiger partial charge in [0.25, 0.3) is 0 Å². The van der Waals surface area contributed by atoms with Crippen molar-refractivity contribution in [2.24, 2.45) is 0 Å². The Hall–Kier alpha value is -0.480. The third-order valence-electron chi connectivity index (χ3n) is 1.85. The molecule has 0 saturated heterocycles. The average Bonchev–Trinajstić information content (AvgIpc) is 2.43. The molecule has 0 aliphatic heterocycles. The fourth-order valence-corrected chi connectivity index (χ4v) is 2.92. The molecule has 1 aromatic carbocycles. The lowest BCUT2D eigenvalue weighted by Crippen LogP contribution is -1.78. The third kappa shape index (κ3) is 1.38. The number of halogens is 3. The van der Waals surface area contributed by atoms with Crippen LogP contribution in [0.5, 0.6) is 0 Å². The van der Waals surface area contributed by atoms with E-state index in [1.54, 1.807) is 12.1 Å². The number of hydrogen-bond acceptors (Lipinski definition) is 1. The highest BCUT2D eigenvalue weighted by molar-refractivity contribution is 9.08. The average molecular weight is 263 g/mol. The Balaban J connectivity index is 2.86. The molecule has 0 aliphatic carbocycles. The van der Waals surface area contributed by atoms with Crippen LogP contribution in [0.15, 0.2) is 18.2 Å². The maximum atomic E-state index is 13.2. The number of thiophene rings is 1. The van der Waals surface area contributed by atoms with Gasteiger partial charge in [0.1, 0.15) is 5.82 Å². The molecule has 0 atom stereocenters. The minimum Gasteiger partial charge on any atom is -0.205 e. The van der Waals surface area contributed by atoms with E-state index in [2.05, 4.69) is 15.9 Å². The van der Waals surface area contributed by atoms with Gasteiger partial charge in [-0.15, -0.1) is 11.3 Å². The second-order valence-electron chi connectivity index (χ2n) is 2.60. The van der Waals surface area contributed by atoms with E-state index >= 15 is 0 Å². The van der Waals surface area contributed by atoms with E-state index < -0.39 is 0 Å². The van der Waals surface area contributed by atoms with Crippen LogP contribution >= 0.6 is 27.3 Å². The Bertz CT molecular complexity index is 450. The van der Waals surface area contributed by atoms with Crippen LogP contribution in [0, 0.1) is 10.9 Å². The first-order valence-electron chi connectivity index (χ1n) is 3.65. The lowest BCUT2D eigenvalue weighted by Gasteiger charge is -1.92. The van der Waals surface area contributed by atoms with Gasteiger partial charge in [0.2, 0.25) is 0 Å². The normalized spacial score (nSPS) is 11.0. The van der Waals surface area contributed by atoms with E-state index in [1.807, 2.05) is 0 Å². The zero-order chi connectivity index (χ0) is 9.42. The molecule has 0 bridgehead atoms. The Morgan fingerprint density at radius 1 is 1.31 bits per heavy atom. The van der Waals surface area contributed by atoms with Crippen molar-refractivity contribution in [2.75, 3.05) is 0 Å². The maximum Gasteiger partial charge on any atom is 0.181 e. The summed E-state index contributed by atoms with van der Waals surface area (Å²) in [6.07, 6.45) is 0. The minimum atomic E-state index is -0.353. The molecule has 0 aliphatic rings. The van der Waals surface area contributed by atoms with Crippen LogP contribution in [0.2, 0.25) is 0 Å². The van der Waals surface area contributed by atoms with Gasteiger partial charge in [0, 0.05) is 16.3 Å². The second-order valence-corrected chi connectivity index (χ2v) is 4.14. The number of rotatable bonds is 1. The monoisotopic (exact) mass is 262 g/mol. The molecule has 0 fully saturated rings. The lowest BCUT2D eigenvalue weighted by atomic mass is 10.2. The number of hydrogen-bond donors (Lipinski definition) is 0. The first kappa shape index (κ1) is 9.09. The predicted octanol–water partition coefficient (Wildman–Crippen LogP) is 4.07. The smallest absolute Gasteiger partial charge is 0.181 e. The largest absolute Gasteiger partial charge is 0.205 e. The van der Waals surface area contributed by atoms with Gasteiger partial charge in [-0.25, -0.2) is 4.39 Å². The number of alkyl halides is 1.